The van der Waals surface area contributed by atoms with E-state index in [9.17, 15) is 13.2 Å². The molecule has 2 aromatic carbocycles. The minimum atomic E-state index is -4.38. The second-order valence-electron chi connectivity index (χ2n) is 8.11. The summed E-state index contributed by atoms with van der Waals surface area (Å²) in [6, 6.07) is 10.7. The Hall–Kier alpha value is -3.73. The molecule has 11 heteroatoms. The van der Waals surface area contributed by atoms with Crippen LogP contribution in [0.2, 0.25) is 0 Å². The zero-order chi connectivity index (χ0) is 23.7. The monoisotopic (exact) mass is 472 g/mol. The van der Waals surface area contributed by atoms with E-state index >= 15 is 0 Å². The Bertz CT molecular complexity index is 1160. The molecule has 0 amide bonds. The van der Waals surface area contributed by atoms with Gasteiger partial charge in [0, 0.05) is 38.4 Å². The number of nitrogens with zero attached hydrogens (tertiary/aromatic N) is 4. The molecule has 3 N–H and O–H groups in total. The number of halogens is 3. The maximum absolute atomic E-state index is 12.8. The predicted molar refractivity (Wildman–Crippen MR) is 121 cm³/mol. The van der Waals surface area contributed by atoms with Gasteiger partial charge in [-0.1, -0.05) is 6.07 Å². The summed E-state index contributed by atoms with van der Waals surface area (Å²) >= 11 is 0. The van der Waals surface area contributed by atoms with Gasteiger partial charge in [-0.2, -0.15) is 13.2 Å². The first kappa shape index (κ1) is 22.1. The lowest BCUT2D eigenvalue weighted by molar-refractivity contribution is -0.137. The van der Waals surface area contributed by atoms with Gasteiger partial charge in [0.25, 0.3) is 0 Å². The number of hydrogen-bond acceptors (Lipinski definition) is 8. The number of aromatic nitrogens is 2. The second kappa shape index (κ2) is 8.90. The molecule has 3 aromatic rings. The summed E-state index contributed by atoms with van der Waals surface area (Å²) in [6.45, 7) is 4.15. The van der Waals surface area contributed by atoms with E-state index in [-0.39, 0.29) is 6.79 Å². The smallest absolute Gasteiger partial charge is 0.416 e. The first-order valence-corrected chi connectivity index (χ1v) is 10.8. The van der Waals surface area contributed by atoms with E-state index in [0.29, 0.717) is 23.0 Å². The normalized spacial score (nSPS) is 16.0. The van der Waals surface area contributed by atoms with Gasteiger partial charge in [-0.05, 0) is 42.0 Å². The summed E-state index contributed by atoms with van der Waals surface area (Å²) in [6.07, 6.45) is -2.98. The average Bonchev–Trinajstić information content (AvgIpc) is 3.29. The van der Waals surface area contributed by atoms with Gasteiger partial charge in [0.05, 0.1) is 5.56 Å². The van der Waals surface area contributed by atoms with Gasteiger partial charge in [-0.3, -0.25) is 4.90 Å². The second-order valence-corrected chi connectivity index (χ2v) is 8.11. The van der Waals surface area contributed by atoms with E-state index in [0.717, 1.165) is 61.9 Å². The molecular formula is C23H23F3N6O2. The minimum Gasteiger partial charge on any atom is -0.454 e. The molecule has 5 rings (SSSR count). The highest BCUT2D eigenvalue weighted by atomic mass is 19.4. The van der Waals surface area contributed by atoms with Crippen molar-refractivity contribution in [2.24, 2.45) is 0 Å². The lowest BCUT2D eigenvalue weighted by atomic mass is 10.1. The first-order chi connectivity index (χ1) is 16.4. The molecule has 0 radical (unpaired) electrons. The number of alkyl halides is 3. The maximum atomic E-state index is 12.8. The predicted octanol–water partition coefficient (Wildman–Crippen LogP) is 3.87. The lowest BCUT2D eigenvalue weighted by Crippen LogP contribution is -2.46. The van der Waals surface area contributed by atoms with E-state index in [4.69, 9.17) is 15.2 Å². The third-order valence-electron chi connectivity index (χ3n) is 5.85. The molecule has 0 spiro atoms. The summed E-state index contributed by atoms with van der Waals surface area (Å²) in [5.74, 6) is 2.51. The number of fused-ring (bicyclic) bond motifs is 1. The number of hydrogen-bond donors (Lipinski definition) is 2. The Labute approximate surface area is 194 Å². The fraction of sp³-hybridized carbons (Fsp3) is 0.304. The lowest BCUT2D eigenvalue weighted by Gasteiger charge is -2.36. The van der Waals surface area contributed by atoms with Crippen LogP contribution in [0.4, 0.5) is 36.2 Å². The van der Waals surface area contributed by atoms with E-state index in [1.807, 2.05) is 18.2 Å². The highest BCUT2D eigenvalue weighted by molar-refractivity contribution is 5.78. The number of rotatable bonds is 5. The number of piperazine rings is 1. The standard InChI is InChI=1S/C23H23F3N6O2/c24-23(25,26)16-2-4-17(5-3-16)30-21-20(27)22(29-13-28-21)32-9-7-31(8-10-32)12-15-1-6-18-19(11-15)34-14-33-18/h1-6,11,13H,7-10,12,14,27H2,(H,28,29,30). The van der Waals surface area contributed by atoms with Gasteiger partial charge in [0.15, 0.2) is 23.1 Å². The summed E-state index contributed by atoms with van der Waals surface area (Å²) in [7, 11) is 0. The summed E-state index contributed by atoms with van der Waals surface area (Å²) in [5, 5.41) is 2.99. The zero-order valence-corrected chi connectivity index (χ0v) is 18.2. The fourth-order valence-electron chi connectivity index (χ4n) is 4.03. The Morgan fingerprint density at radius 1 is 0.941 bits per heavy atom. The highest BCUT2D eigenvalue weighted by Gasteiger charge is 2.30. The number of nitrogens with one attached hydrogen (secondary N) is 1. The van der Waals surface area contributed by atoms with Crippen LogP contribution in [0.3, 0.4) is 0 Å². The zero-order valence-electron chi connectivity index (χ0n) is 18.2. The Morgan fingerprint density at radius 3 is 2.41 bits per heavy atom. The molecule has 1 aromatic heterocycles. The fourth-order valence-corrected chi connectivity index (χ4v) is 4.03. The third-order valence-corrected chi connectivity index (χ3v) is 5.85. The number of benzene rings is 2. The number of ether oxygens (including phenoxy) is 2. The first-order valence-electron chi connectivity index (χ1n) is 10.8. The van der Waals surface area contributed by atoms with Crippen molar-refractivity contribution < 1.29 is 22.6 Å². The van der Waals surface area contributed by atoms with E-state index in [2.05, 4.69) is 25.1 Å². The molecule has 0 saturated carbocycles. The van der Waals surface area contributed by atoms with Crippen LogP contribution in [0.15, 0.2) is 48.8 Å². The van der Waals surface area contributed by atoms with Crippen LogP contribution in [-0.4, -0.2) is 47.8 Å². The Balaban J connectivity index is 1.22. The van der Waals surface area contributed by atoms with E-state index < -0.39 is 11.7 Å². The molecule has 8 nitrogen and oxygen atoms in total. The average molecular weight is 472 g/mol. The van der Waals surface area contributed by atoms with Crippen molar-refractivity contribution in [2.45, 2.75) is 12.7 Å². The molecule has 0 atom stereocenters. The molecule has 3 heterocycles. The highest BCUT2D eigenvalue weighted by Crippen LogP contribution is 2.34. The van der Waals surface area contributed by atoms with Gasteiger partial charge < -0.3 is 25.4 Å². The number of anilines is 4. The van der Waals surface area contributed by atoms with E-state index in [1.54, 1.807) is 0 Å². The topological polar surface area (TPSA) is 88.8 Å². The SMILES string of the molecule is Nc1c(Nc2ccc(C(F)(F)F)cc2)ncnc1N1CCN(Cc2ccc3c(c2)OCO3)CC1. The van der Waals surface area contributed by atoms with Crippen LogP contribution in [0.1, 0.15) is 11.1 Å². The number of nitrogens with two attached hydrogens (primary N) is 1. The van der Waals surface area contributed by atoms with Crippen molar-refractivity contribution in [1.82, 2.24) is 14.9 Å². The molecule has 178 valence electrons. The molecule has 0 aliphatic carbocycles. The molecule has 0 unspecified atom stereocenters. The summed E-state index contributed by atoms with van der Waals surface area (Å²) < 4.78 is 49.2. The van der Waals surface area contributed by atoms with Crippen LogP contribution in [-0.2, 0) is 12.7 Å². The van der Waals surface area contributed by atoms with Crippen molar-refractivity contribution in [3.8, 4) is 11.5 Å². The quantitative estimate of drug-likeness (QED) is 0.579. The van der Waals surface area contributed by atoms with Gasteiger partial charge in [-0.15, -0.1) is 0 Å². The molecule has 34 heavy (non-hydrogen) atoms. The largest absolute Gasteiger partial charge is 0.454 e. The third kappa shape index (κ3) is 4.65. The van der Waals surface area contributed by atoms with Crippen LogP contribution < -0.4 is 25.4 Å². The molecule has 2 aliphatic heterocycles. The van der Waals surface area contributed by atoms with Gasteiger partial charge in [0.2, 0.25) is 6.79 Å². The van der Waals surface area contributed by atoms with Crippen LogP contribution in [0.25, 0.3) is 0 Å². The van der Waals surface area contributed by atoms with Crippen molar-refractivity contribution in [3.05, 3.63) is 59.9 Å². The van der Waals surface area contributed by atoms with Crippen LogP contribution >= 0.6 is 0 Å². The van der Waals surface area contributed by atoms with E-state index in [1.165, 1.54) is 18.5 Å². The van der Waals surface area contributed by atoms with Crippen molar-refractivity contribution in [1.29, 1.82) is 0 Å². The van der Waals surface area contributed by atoms with Crippen molar-refractivity contribution in [2.75, 3.05) is 48.9 Å². The summed E-state index contributed by atoms with van der Waals surface area (Å²) in [5.41, 5.74) is 7.57. The number of nitrogen functional groups attached to an aromatic ring is 1. The molecule has 0 bridgehead atoms. The molecule has 2 aliphatic rings. The minimum absolute atomic E-state index is 0.257. The molecule has 1 fully saturated rings. The Morgan fingerprint density at radius 2 is 1.68 bits per heavy atom. The summed E-state index contributed by atoms with van der Waals surface area (Å²) in [4.78, 5) is 13.0. The van der Waals surface area contributed by atoms with Gasteiger partial charge in [0.1, 0.15) is 12.0 Å². The van der Waals surface area contributed by atoms with Crippen molar-refractivity contribution in [3.63, 3.8) is 0 Å². The van der Waals surface area contributed by atoms with Gasteiger partial charge in [-0.25, -0.2) is 9.97 Å². The molecular weight excluding hydrogens is 449 g/mol. The Kier molecular flexibility index (Phi) is 5.78. The molecule has 1 saturated heterocycles. The van der Waals surface area contributed by atoms with Crippen LogP contribution in [0.5, 0.6) is 11.5 Å². The van der Waals surface area contributed by atoms with Crippen molar-refractivity contribution >= 4 is 23.0 Å². The van der Waals surface area contributed by atoms with Gasteiger partial charge >= 0.3 is 6.18 Å². The van der Waals surface area contributed by atoms with Crippen LogP contribution in [0, 0.1) is 0 Å². The maximum Gasteiger partial charge on any atom is 0.416 e.